The molecule has 0 radical (unpaired) electrons. The van der Waals surface area contributed by atoms with E-state index in [1.54, 1.807) is 0 Å². The minimum atomic E-state index is -3.12. The normalized spacial score (nSPS) is 29.5. The zero-order valence-electron chi connectivity index (χ0n) is 11.2. The molecule has 0 spiro atoms. The lowest BCUT2D eigenvalue weighted by molar-refractivity contribution is -0.124. The molecule has 0 aliphatic carbocycles. The van der Waals surface area contributed by atoms with Gasteiger partial charge < -0.3 is 5.32 Å². The maximum atomic E-state index is 12.0. The smallest absolute Gasteiger partial charge is 0.225 e. The Bertz CT molecular complexity index is 600. The first-order valence-electron chi connectivity index (χ1n) is 6.79. The van der Waals surface area contributed by atoms with E-state index in [2.05, 4.69) is 10.2 Å². The van der Waals surface area contributed by atoms with Gasteiger partial charge in [-0.1, -0.05) is 30.3 Å². The van der Waals surface area contributed by atoms with E-state index >= 15 is 0 Å². The molecule has 108 valence electrons. The van der Waals surface area contributed by atoms with Crippen LogP contribution in [0.4, 0.5) is 0 Å². The van der Waals surface area contributed by atoms with E-state index in [9.17, 15) is 13.2 Å². The average molecular weight is 294 g/mol. The fourth-order valence-corrected chi connectivity index (χ4v) is 4.83. The van der Waals surface area contributed by atoms with Gasteiger partial charge in [0.1, 0.15) is 0 Å². The molecule has 2 fully saturated rings. The average Bonchev–Trinajstić information content (AvgIpc) is 2.55. The summed E-state index contributed by atoms with van der Waals surface area (Å²) in [5.74, 6) is -0.538. The van der Waals surface area contributed by atoms with Crippen LogP contribution in [0.5, 0.6) is 0 Å². The van der Waals surface area contributed by atoms with Crippen LogP contribution >= 0.6 is 0 Å². The van der Waals surface area contributed by atoms with Gasteiger partial charge in [0.05, 0.1) is 23.5 Å². The molecule has 1 aromatic rings. The van der Waals surface area contributed by atoms with Crippen LogP contribution in [-0.2, 0) is 21.2 Å². The maximum absolute atomic E-state index is 12.0. The maximum Gasteiger partial charge on any atom is 0.225 e. The summed E-state index contributed by atoms with van der Waals surface area (Å²) in [6, 6.07) is 9.75. The molecule has 0 unspecified atom stereocenters. The van der Waals surface area contributed by atoms with Gasteiger partial charge in [0.15, 0.2) is 9.84 Å². The van der Waals surface area contributed by atoms with Crippen LogP contribution in [0, 0.1) is 5.92 Å². The van der Waals surface area contributed by atoms with E-state index in [0.29, 0.717) is 13.1 Å². The standard InChI is InChI=1S/C14H18N2O3S/c17-14-12-7-16(6-11-4-2-1-3-5-11)8-13(15-14)10-20(18,19)9-12/h1-5,12-13H,6-10H2,(H,15,17)/t12-,13-/m1/s1. The van der Waals surface area contributed by atoms with Crippen LogP contribution < -0.4 is 5.32 Å². The fourth-order valence-electron chi connectivity index (χ4n) is 3.02. The van der Waals surface area contributed by atoms with Gasteiger partial charge in [-0.15, -0.1) is 0 Å². The second-order valence-corrected chi connectivity index (χ2v) is 7.81. The topological polar surface area (TPSA) is 66.5 Å². The van der Waals surface area contributed by atoms with Crippen molar-refractivity contribution in [3.63, 3.8) is 0 Å². The Balaban J connectivity index is 1.79. The second-order valence-electron chi connectivity index (χ2n) is 5.66. The van der Waals surface area contributed by atoms with E-state index < -0.39 is 15.8 Å². The van der Waals surface area contributed by atoms with Crippen LogP contribution in [0.25, 0.3) is 0 Å². The number of hydrogen-bond acceptors (Lipinski definition) is 4. The lowest BCUT2D eigenvalue weighted by atomic mass is 10.1. The number of amides is 1. The quantitative estimate of drug-likeness (QED) is 0.836. The van der Waals surface area contributed by atoms with Crippen molar-refractivity contribution in [2.45, 2.75) is 12.6 Å². The van der Waals surface area contributed by atoms with Crippen molar-refractivity contribution < 1.29 is 13.2 Å². The Kier molecular flexibility index (Phi) is 3.52. The molecule has 2 bridgehead atoms. The molecule has 1 amide bonds. The monoisotopic (exact) mass is 294 g/mol. The third kappa shape index (κ3) is 3.02. The van der Waals surface area contributed by atoms with Crippen molar-refractivity contribution in [1.29, 1.82) is 0 Å². The Morgan fingerprint density at radius 2 is 1.90 bits per heavy atom. The molecule has 0 aromatic heterocycles. The molecule has 1 N–H and O–H groups in total. The van der Waals surface area contributed by atoms with Crippen LogP contribution in [-0.4, -0.2) is 49.9 Å². The minimum Gasteiger partial charge on any atom is -0.351 e. The molecular formula is C14H18N2O3S. The summed E-state index contributed by atoms with van der Waals surface area (Å²) in [5.41, 5.74) is 1.18. The van der Waals surface area contributed by atoms with E-state index in [0.717, 1.165) is 6.54 Å². The molecule has 5 nitrogen and oxygen atoms in total. The first-order valence-corrected chi connectivity index (χ1v) is 8.61. The summed E-state index contributed by atoms with van der Waals surface area (Å²) in [7, 11) is -3.12. The fraction of sp³-hybridized carbons (Fsp3) is 0.500. The van der Waals surface area contributed by atoms with E-state index in [1.165, 1.54) is 5.56 Å². The molecular weight excluding hydrogens is 276 g/mol. The Morgan fingerprint density at radius 3 is 2.65 bits per heavy atom. The number of nitrogens with zero attached hydrogens (tertiary/aromatic N) is 1. The number of rotatable bonds is 2. The van der Waals surface area contributed by atoms with E-state index in [-0.39, 0.29) is 23.5 Å². The molecule has 20 heavy (non-hydrogen) atoms. The van der Waals surface area contributed by atoms with Crippen molar-refractivity contribution in [2.24, 2.45) is 5.92 Å². The largest absolute Gasteiger partial charge is 0.351 e. The van der Waals surface area contributed by atoms with E-state index in [4.69, 9.17) is 0 Å². The summed E-state index contributed by atoms with van der Waals surface area (Å²) in [4.78, 5) is 14.2. The lowest BCUT2D eigenvalue weighted by Gasteiger charge is -2.27. The number of fused-ring (bicyclic) bond motifs is 3. The molecule has 6 heteroatoms. The van der Waals surface area contributed by atoms with Crippen molar-refractivity contribution in [1.82, 2.24) is 10.2 Å². The summed E-state index contributed by atoms with van der Waals surface area (Å²) in [6.07, 6.45) is 0. The molecule has 3 rings (SSSR count). The minimum absolute atomic E-state index is 0.0272. The third-order valence-electron chi connectivity index (χ3n) is 3.83. The van der Waals surface area contributed by atoms with Gasteiger partial charge in [0, 0.05) is 19.6 Å². The number of sulfone groups is 1. The molecule has 2 saturated heterocycles. The van der Waals surface area contributed by atoms with Gasteiger partial charge in [0.25, 0.3) is 0 Å². The molecule has 2 aliphatic rings. The van der Waals surface area contributed by atoms with Gasteiger partial charge in [-0.05, 0) is 5.56 Å². The summed E-state index contributed by atoms with van der Waals surface area (Å²) in [5, 5.41) is 2.85. The second kappa shape index (κ2) is 5.18. The third-order valence-corrected chi connectivity index (χ3v) is 5.65. The van der Waals surface area contributed by atoms with Crippen LogP contribution in [0.2, 0.25) is 0 Å². The van der Waals surface area contributed by atoms with Crippen molar-refractivity contribution >= 4 is 15.7 Å². The lowest BCUT2D eigenvalue weighted by Crippen LogP contribution is -2.43. The number of benzene rings is 1. The van der Waals surface area contributed by atoms with E-state index in [1.807, 2.05) is 30.3 Å². The number of carbonyl (C=O) groups excluding carboxylic acids is 1. The highest BCUT2D eigenvalue weighted by molar-refractivity contribution is 7.91. The Labute approximate surface area is 118 Å². The number of hydrogen-bond donors (Lipinski definition) is 1. The highest BCUT2D eigenvalue weighted by atomic mass is 32.2. The summed E-state index contributed by atoms with van der Waals surface area (Å²) < 4.78 is 23.8. The summed E-state index contributed by atoms with van der Waals surface area (Å²) in [6.45, 7) is 1.86. The van der Waals surface area contributed by atoms with Crippen molar-refractivity contribution in [3.8, 4) is 0 Å². The van der Waals surface area contributed by atoms with Crippen molar-refractivity contribution in [3.05, 3.63) is 35.9 Å². The van der Waals surface area contributed by atoms with Gasteiger partial charge >= 0.3 is 0 Å². The van der Waals surface area contributed by atoms with Crippen LogP contribution in [0.1, 0.15) is 5.56 Å². The zero-order valence-corrected chi connectivity index (χ0v) is 12.0. The first-order chi connectivity index (χ1) is 9.52. The highest BCUT2D eigenvalue weighted by Crippen LogP contribution is 2.19. The van der Waals surface area contributed by atoms with Crippen LogP contribution in [0.15, 0.2) is 30.3 Å². The van der Waals surface area contributed by atoms with Crippen LogP contribution in [0.3, 0.4) is 0 Å². The summed E-state index contributed by atoms with van der Waals surface area (Å²) >= 11 is 0. The number of carbonyl (C=O) groups is 1. The number of nitrogens with one attached hydrogen (secondary N) is 1. The van der Waals surface area contributed by atoms with Gasteiger partial charge in [-0.3, -0.25) is 9.69 Å². The first kappa shape index (κ1) is 13.6. The van der Waals surface area contributed by atoms with Gasteiger partial charge in [0.2, 0.25) is 5.91 Å². The molecule has 2 aliphatic heterocycles. The molecule has 1 aromatic carbocycles. The molecule has 0 saturated carbocycles. The van der Waals surface area contributed by atoms with Gasteiger partial charge in [-0.2, -0.15) is 0 Å². The molecule has 2 heterocycles. The predicted octanol–water partition coefficient (Wildman–Crippen LogP) is 0.0316. The zero-order chi connectivity index (χ0) is 14.2. The highest BCUT2D eigenvalue weighted by Gasteiger charge is 2.38. The Morgan fingerprint density at radius 1 is 1.15 bits per heavy atom. The Hall–Kier alpha value is -1.40. The predicted molar refractivity (Wildman–Crippen MR) is 75.8 cm³/mol. The SMILES string of the molecule is O=C1N[C@@H]2CN(Cc3ccccc3)C[C@@H]1CS(=O)(=O)C2. The van der Waals surface area contributed by atoms with Gasteiger partial charge in [-0.25, -0.2) is 8.42 Å². The molecule has 2 atom stereocenters. The van der Waals surface area contributed by atoms with Crippen molar-refractivity contribution in [2.75, 3.05) is 24.6 Å².